The van der Waals surface area contributed by atoms with Crippen molar-refractivity contribution in [3.05, 3.63) is 76.2 Å². The van der Waals surface area contributed by atoms with Crippen LogP contribution in [0.25, 0.3) is 0 Å². The number of aryl methyl sites for hydroxylation is 3. The van der Waals surface area contributed by atoms with Gasteiger partial charge in [-0.1, -0.05) is 17.3 Å². The van der Waals surface area contributed by atoms with E-state index in [0.29, 0.717) is 29.2 Å². The van der Waals surface area contributed by atoms with Crippen LogP contribution in [0.1, 0.15) is 38.5 Å². The summed E-state index contributed by atoms with van der Waals surface area (Å²) in [6.45, 7) is 5.89. The number of hydrogen-bond donors (Lipinski definition) is 1. The van der Waals surface area contributed by atoms with Crippen molar-refractivity contribution in [2.24, 2.45) is 0 Å². The summed E-state index contributed by atoms with van der Waals surface area (Å²) >= 11 is 0. The van der Waals surface area contributed by atoms with Gasteiger partial charge in [-0.15, -0.1) is 0 Å². The maximum Gasteiger partial charge on any atom is 0.255 e. The second kappa shape index (κ2) is 7.75. The van der Waals surface area contributed by atoms with Gasteiger partial charge in [0, 0.05) is 5.56 Å². The topological polar surface area (TPSA) is 88.2 Å². The molecule has 136 valence electrons. The highest BCUT2D eigenvalue weighted by Crippen LogP contribution is 2.21. The van der Waals surface area contributed by atoms with E-state index in [0.717, 1.165) is 22.6 Å². The van der Waals surface area contributed by atoms with Crippen LogP contribution in [0.3, 0.4) is 0 Å². The maximum absolute atomic E-state index is 12.5. The molecule has 0 bridgehead atoms. The monoisotopic (exact) mass is 361 g/mol. The Balaban J connectivity index is 1.68. The number of rotatable bonds is 5. The van der Waals surface area contributed by atoms with E-state index in [4.69, 9.17) is 9.26 Å². The van der Waals surface area contributed by atoms with Gasteiger partial charge in [-0.3, -0.25) is 4.79 Å². The quantitative estimate of drug-likeness (QED) is 0.732. The molecular formula is C21H19N3O3. The number of anilines is 1. The first-order chi connectivity index (χ1) is 13.0. The number of carbonyl (C=O) groups excluding carboxylic acids is 1. The molecule has 3 aromatic rings. The van der Waals surface area contributed by atoms with Crippen molar-refractivity contribution in [1.82, 2.24) is 5.16 Å². The molecule has 0 aliphatic rings. The van der Waals surface area contributed by atoms with E-state index in [9.17, 15) is 10.1 Å². The molecular weight excluding hydrogens is 342 g/mol. The van der Waals surface area contributed by atoms with Crippen LogP contribution >= 0.6 is 0 Å². The number of nitrogens with one attached hydrogen (secondary N) is 1. The van der Waals surface area contributed by atoms with E-state index in [-0.39, 0.29) is 5.91 Å². The minimum absolute atomic E-state index is 0.283. The van der Waals surface area contributed by atoms with Crippen molar-refractivity contribution in [3.8, 4) is 11.8 Å². The molecule has 6 heteroatoms. The fourth-order valence-corrected chi connectivity index (χ4v) is 2.68. The summed E-state index contributed by atoms with van der Waals surface area (Å²) in [6, 6.07) is 14.3. The minimum Gasteiger partial charge on any atom is -0.489 e. The number of carbonyl (C=O) groups is 1. The average molecular weight is 361 g/mol. The molecule has 0 saturated carbocycles. The zero-order chi connectivity index (χ0) is 19.4. The first-order valence-corrected chi connectivity index (χ1v) is 8.45. The van der Waals surface area contributed by atoms with E-state index in [1.54, 1.807) is 36.4 Å². The van der Waals surface area contributed by atoms with Gasteiger partial charge in [0.25, 0.3) is 5.91 Å². The normalized spacial score (nSPS) is 10.3. The molecule has 1 N–H and O–H groups in total. The van der Waals surface area contributed by atoms with Crippen LogP contribution in [0.4, 0.5) is 5.69 Å². The lowest BCUT2D eigenvalue weighted by Gasteiger charge is -2.10. The number of nitrogens with zero attached hydrogens (tertiary/aromatic N) is 2. The summed E-state index contributed by atoms with van der Waals surface area (Å²) in [5, 5.41) is 15.9. The van der Waals surface area contributed by atoms with Crippen molar-refractivity contribution < 1.29 is 14.1 Å². The second-order valence-electron chi connectivity index (χ2n) is 6.18. The molecule has 1 heterocycles. The van der Waals surface area contributed by atoms with Gasteiger partial charge >= 0.3 is 0 Å². The van der Waals surface area contributed by atoms with Gasteiger partial charge in [0.2, 0.25) is 0 Å². The van der Waals surface area contributed by atoms with E-state index < -0.39 is 0 Å². The van der Waals surface area contributed by atoms with Crippen LogP contribution in [0, 0.1) is 32.1 Å². The fraction of sp³-hybridized carbons (Fsp3) is 0.190. The Bertz CT molecular complexity index is 995. The molecule has 6 nitrogen and oxygen atoms in total. The van der Waals surface area contributed by atoms with Crippen LogP contribution in [0.2, 0.25) is 0 Å². The predicted molar refractivity (Wildman–Crippen MR) is 101 cm³/mol. The average Bonchev–Trinajstić information content (AvgIpc) is 2.98. The van der Waals surface area contributed by atoms with Gasteiger partial charge in [0.05, 0.1) is 22.5 Å². The summed E-state index contributed by atoms with van der Waals surface area (Å²) in [5.74, 6) is 1.09. The zero-order valence-corrected chi connectivity index (χ0v) is 15.4. The van der Waals surface area contributed by atoms with Gasteiger partial charge in [-0.05, 0) is 56.7 Å². The lowest BCUT2D eigenvalue weighted by molar-refractivity contribution is 0.102. The van der Waals surface area contributed by atoms with Gasteiger partial charge in [-0.25, -0.2) is 0 Å². The van der Waals surface area contributed by atoms with Gasteiger partial charge < -0.3 is 14.6 Å². The first-order valence-electron chi connectivity index (χ1n) is 8.45. The Hall–Kier alpha value is -3.59. The molecule has 0 atom stereocenters. The molecule has 2 aromatic carbocycles. The lowest BCUT2D eigenvalue weighted by atomic mass is 10.1. The number of hydrogen-bond acceptors (Lipinski definition) is 5. The van der Waals surface area contributed by atoms with Gasteiger partial charge in [0.1, 0.15) is 24.2 Å². The van der Waals surface area contributed by atoms with Crippen molar-refractivity contribution in [1.29, 1.82) is 5.26 Å². The van der Waals surface area contributed by atoms with Crippen LogP contribution in [-0.2, 0) is 6.61 Å². The van der Waals surface area contributed by atoms with Gasteiger partial charge in [-0.2, -0.15) is 5.26 Å². The highest BCUT2D eigenvalue weighted by molar-refractivity contribution is 6.05. The molecule has 0 radical (unpaired) electrons. The smallest absolute Gasteiger partial charge is 0.255 e. The molecule has 27 heavy (non-hydrogen) atoms. The number of ether oxygens (including phenoxy) is 1. The van der Waals surface area contributed by atoms with Crippen molar-refractivity contribution >= 4 is 11.6 Å². The molecule has 3 rings (SSSR count). The molecule has 0 spiro atoms. The Labute approximate surface area is 157 Å². The molecule has 0 aliphatic heterocycles. The highest BCUT2D eigenvalue weighted by Gasteiger charge is 2.12. The number of benzene rings is 2. The largest absolute Gasteiger partial charge is 0.489 e. The summed E-state index contributed by atoms with van der Waals surface area (Å²) in [5.41, 5.74) is 3.98. The second-order valence-corrected chi connectivity index (χ2v) is 6.18. The summed E-state index contributed by atoms with van der Waals surface area (Å²) in [6.07, 6.45) is 0. The third kappa shape index (κ3) is 3.98. The number of nitriles is 1. The minimum atomic E-state index is -0.283. The van der Waals surface area contributed by atoms with Crippen LogP contribution in [0.15, 0.2) is 47.0 Å². The van der Waals surface area contributed by atoms with Crippen molar-refractivity contribution in [3.63, 3.8) is 0 Å². The first kappa shape index (κ1) is 18.2. The molecule has 0 fully saturated rings. The zero-order valence-electron chi connectivity index (χ0n) is 15.4. The third-order valence-electron chi connectivity index (χ3n) is 4.31. The Morgan fingerprint density at radius 1 is 1.19 bits per heavy atom. The van der Waals surface area contributed by atoms with Crippen LogP contribution < -0.4 is 10.1 Å². The van der Waals surface area contributed by atoms with E-state index in [1.807, 2.05) is 26.8 Å². The molecule has 0 aliphatic carbocycles. The predicted octanol–water partition coefficient (Wildman–Crippen LogP) is 4.30. The Morgan fingerprint density at radius 3 is 2.56 bits per heavy atom. The van der Waals surface area contributed by atoms with Crippen LogP contribution in [0.5, 0.6) is 5.75 Å². The van der Waals surface area contributed by atoms with E-state index >= 15 is 0 Å². The molecule has 0 unspecified atom stereocenters. The summed E-state index contributed by atoms with van der Waals surface area (Å²) in [7, 11) is 0. The SMILES string of the molecule is Cc1cccc(NC(=O)c2ccc(OCc3c(C)noc3C)cc2)c1C#N. The van der Waals surface area contributed by atoms with E-state index in [2.05, 4.69) is 16.5 Å². The van der Waals surface area contributed by atoms with E-state index in [1.165, 1.54) is 0 Å². The Kier molecular flexibility index (Phi) is 5.23. The number of amides is 1. The fourth-order valence-electron chi connectivity index (χ4n) is 2.68. The third-order valence-corrected chi connectivity index (χ3v) is 4.31. The summed E-state index contributed by atoms with van der Waals surface area (Å²) in [4.78, 5) is 12.5. The maximum atomic E-state index is 12.5. The van der Waals surface area contributed by atoms with Crippen LogP contribution in [-0.4, -0.2) is 11.1 Å². The molecule has 1 amide bonds. The Morgan fingerprint density at radius 2 is 1.93 bits per heavy atom. The summed E-state index contributed by atoms with van der Waals surface area (Å²) < 4.78 is 10.9. The lowest BCUT2D eigenvalue weighted by Crippen LogP contribution is -2.13. The standard InChI is InChI=1S/C21H19N3O3/c1-13-5-4-6-20(18(13)11-22)23-21(25)16-7-9-17(10-8-16)26-12-19-14(2)24-27-15(19)3/h4-10H,12H2,1-3H3,(H,23,25). The van der Waals surface area contributed by atoms with Crippen molar-refractivity contribution in [2.45, 2.75) is 27.4 Å². The van der Waals surface area contributed by atoms with Crippen molar-refractivity contribution in [2.75, 3.05) is 5.32 Å². The number of aromatic nitrogens is 1. The van der Waals surface area contributed by atoms with Gasteiger partial charge in [0.15, 0.2) is 0 Å². The molecule has 0 saturated heterocycles. The highest BCUT2D eigenvalue weighted by atomic mass is 16.5. The molecule has 1 aromatic heterocycles.